The standard InChI is InChI=1S/C20H14BrClN2OS/c21-19-10-9-18(26-19)15-11-16-14-3-1-2-4-17(14)25-20(24(16)23-15)12-5-7-13(22)8-6-12/h1-10,16,20H,11H2/t16-,20-/m0/s1. The predicted octanol–water partition coefficient (Wildman–Crippen LogP) is 6.41. The lowest BCUT2D eigenvalue weighted by molar-refractivity contribution is -0.0190. The molecule has 3 heterocycles. The number of para-hydroxylation sites is 1. The van der Waals surface area contributed by atoms with Crippen LogP contribution in [0.4, 0.5) is 0 Å². The number of benzene rings is 2. The Morgan fingerprint density at radius 1 is 1.08 bits per heavy atom. The van der Waals surface area contributed by atoms with Crippen molar-refractivity contribution in [3.63, 3.8) is 0 Å². The van der Waals surface area contributed by atoms with E-state index in [1.807, 2.05) is 36.4 Å². The van der Waals surface area contributed by atoms with Crippen LogP contribution in [0.25, 0.3) is 0 Å². The van der Waals surface area contributed by atoms with Crippen molar-refractivity contribution in [2.75, 3.05) is 0 Å². The summed E-state index contributed by atoms with van der Waals surface area (Å²) in [6.07, 6.45) is 0.616. The van der Waals surface area contributed by atoms with Gasteiger partial charge in [0, 0.05) is 22.6 Å². The van der Waals surface area contributed by atoms with Crippen molar-refractivity contribution in [1.29, 1.82) is 0 Å². The molecule has 0 bridgehead atoms. The van der Waals surface area contributed by atoms with Gasteiger partial charge in [-0.3, -0.25) is 0 Å². The zero-order valence-electron chi connectivity index (χ0n) is 13.6. The van der Waals surface area contributed by atoms with Crippen LogP contribution < -0.4 is 4.74 Å². The van der Waals surface area contributed by atoms with Gasteiger partial charge in [0.25, 0.3) is 0 Å². The molecule has 0 radical (unpaired) electrons. The molecule has 3 nitrogen and oxygen atoms in total. The third-order valence-corrected chi connectivity index (χ3v) is 6.64. The molecule has 3 aromatic rings. The van der Waals surface area contributed by atoms with Crippen LogP contribution in [0.3, 0.4) is 0 Å². The number of hydrogen-bond acceptors (Lipinski definition) is 4. The number of rotatable bonds is 2. The van der Waals surface area contributed by atoms with Crippen LogP contribution in [0, 0.1) is 0 Å². The van der Waals surface area contributed by atoms with Crippen LogP contribution in [0.15, 0.2) is 69.6 Å². The average Bonchev–Trinajstić information content (AvgIpc) is 3.28. The molecule has 0 spiro atoms. The Balaban J connectivity index is 1.59. The van der Waals surface area contributed by atoms with Crippen molar-refractivity contribution < 1.29 is 4.74 Å². The molecule has 2 atom stereocenters. The van der Waals surface area contributed by atoms with Gasteiger partial charge in [-0.25, -0.2) is 5.01 Å². The Morgan fingerprint density at radius 2 is 1.88 bits per heavy atom. The number of fused-ring (bicyclic) bond motifs is 3. The van der Waals surface area contributed by atoms with E-state index in [-0.39, 0.29) is 12.3 Å². The second kappa shape index (κ2) is 6.41. The largest absolute Gasteiger partial charge is 0.464 e. The van der Waals surface area contributed by atoms with Gasteiger partial charge in [0.05, 0.1) is 20.4 Å². The van der Waals surface area contributed by atoms with E-state index in [4.69, 9.17) is 21.4 Å². The molecule has 130 valence electrons. The van der Waals surface area contributed by atoms with E-state index >= 15 is 0 Å². The van der Waals surface area contributed by atoms with E-state index in [0.717, 1.165) is 32.3 Å². The SMILES string of the molecule is Clc1ccc([C@@H]2Oc3ccccc3[C@@H]3CC(c4ccc(Br)s4)=NN32)cc1. The normalized spacial score (nSPS) is 21.0. The van der Waals surface area contributed by atoms with Crippen LogP contribution in [0.2, 0.25) is 5.02 Å². The third-order valence-electron chi connectivity index (χ3n) is 4.71. The van der Waals surface area contributed by atoms with E-state index in [2.05, 4.69) is 45.2 Å². The van der Waals surface area contributed by atoms with Gasteiger partial charge in [0.2, 0.25) is 6.23 Å². The van der Waals surface area contributed by atoms with Gasteiger partial charge in [-0.05, 0) is 46.3 Å². The van der Waals surface area contributed by atoms with Gasteiger partial charge >= 0.3 is 0 Å². The summed E-state index contributed by atoms with van der Waals surface area (Å²) in [4.78, 5) is 1.19. The fraction of sp³-hybridized carbons (Fsp3) is 0.150. The Labute approximate surface area is 169 Å². The maximum atomic E-state index is 6.33. The average molecular weight is 446 g/mol. The second-order valence-electron chi connectivity index (χ2n) is 6.31. The molecule has 0 saturated heterocycles. The highest BCUT2D eigenvalue weighted by molar-refractivity contribution is 9.11. The van der Waals surface area contributed by atoms with Gasteiger partial charge in [-0.15, -0.1) is 11.3 Å². The van der Waals surface area contributed by atoms with E-state index in [1.54, 1.807) is 11.3 Å². The lowest BCUT2D eigenvalue weighted by Gasteiger charge is -2.38. The molecule has 2 aliphatic rings. The van der Waals surface area contributed by atoms with Crippen molar-refractivity contribution >= 4 is 44.6 Å². The van der Waals surface area contributed by atoms with Crippen molar-refractivity contribution in [1.82, 2.24) is 5.01 Å². The first-order chi connectivity index (χ1) is 12.7. The lowest BCUT2D eigenvalue weighted by atomic mass is 9.98. The molecule has 0 aliphatic carbocycles. The summed E-state index contributed by atoms with van der Waals surface area (Å²) in [5, 5.41) is 7.76. The minimum atomic E-state index is -0.256. The topological polar surface area (TPSA) is 24.8 Å². The summed E-state index contributed by atoms with van der Waals surface area (Å²) >= 11 is 11.3. The van der Waals surface area contributed by atoms with E-state index in [9.17, 15) is 0 Å². The van der Waals surface area contributed by atoms with Crippen molar-refractivity contribution in [3.8, 4) is 5.75 Å². The van der Waals surface area contributed by atoms with Gasteiger partial charge in [-0.1, -0.05) is 41.9 Å². The van der Waals surface area contributed by atoms with E-state index < -0.39 is 0 Å². The summed E-state index contributed by atoms with van der Waals surface area (Å²) < 4.78 is 7.45. The molecule has 2 aliphatic heterocycles. The second-order valence-corrected chi connectivity index (χ2v) is 9.21. The summed E-state index contributed by atoms with van der Waals surface area (Å²) in [6, 6.07) is 20.4. The summed E-state index contributed by atoms with van der Waals surface area (Å²) in [5.41, 5.74) is 3.34. The van der Waals surface area contributed by atoms with Crippen molar-refractivity contribution in [2.45, 2.75) is 18.7 Å². The summed E-state index contributed by atoms with van der Waals surface area (Å²) in [7, 11) is 0. The molecular weight excluding hydrogens is 432 g/mol. The Morgan fingerprint density at radius 3 is 2.65 bits per heavy atom. The number of hydrazone groups is 1. The van der Waals surface area contributed by atoms with Gasteiger partial charge < -0.3 is 4.74 Å². The van der Waals surface area contributed by atoms with Gasteiger partial charge in [0.15, 0.2) is 0 Å². The molecule has 6 heteroatoms. The van der Waals surface area contributed by atoms with Crippen LogP contribution in [-0.4, -0.2) is 10.7 Å². The molecular formula is C20H14BrClN2OS. The van der Waals surface area contributed by atoms with Gasteiger partial charge in [-0.2, -0.15) is 5.10 Å². The molecule has 26 heavy (non-hydrogen) atoms. The molecule has 0 unspecified atom stereocenters. The molecule has 2 aromatic carbocycles. The Kier molecular flexibility index (Phi) is 4.03. The number of halogens is 2. The molecule has 1 aromatic heterocycles. The summed E-state index contributed by atoms with van der Waals surface area (Å²) in [5.74, 6) is 0.928. The maximum Gasteiger partial charge on any atom is 0.213 e. The lowest BCUT2D eigenvalue weighted by Crippen LogP contribution is -2.33. The molecule has 0 saturated carbocycles. The zero-order valence-corrected chi connectivity index (χ0v) is 16.8. The monoisotopic (exact) mass is 444 g/mol. The Hall–Kier alpha value is -1.82. The third kappa shape index (κ3) is 2.75. The number of nitrogens with zero attached hydrogens (tertiary/aromatic N) is 2. The smallest absolute Gasteiger partial charge is 0.213 e. The first-order valence-corrected chi connectivity index (χ1v) is 10.3. The zero-order chi connectivity index (χ0) is 17.7. The highest BCUT2D eigenvalue weighted by Crippen LogP contribution is 2.47. The predicted molar refractivity (Wildman–Crippen MR) is 109 cm³/mol. The van der Waals surface area contributed by atoms with Crippen molar-refractivity contribution in [3.05, 3.63) is 85.5 Å². The summed E-state index contributed by atoms with van der Waals surface area (Å²) in [6.45, 7) is 0. The van der Waals surface area contributed by atoms with E-state index in [0.29, 0.717) is 0 Å². The quantitative estimate of drug-likeness (QED) is 0.455. The fourth-order valence-electron chi connectivity index (χ4n) is 3.50. The maximum absolute atomic E-state index is 6.33. The number of thiophene rings is 1. The minimum absolute atomic E-state index is 0.177. The highest BCUT2D eigenvalue weighted by Gasteiger charge is 2.41. The number of ether oxygens (including phenoxy) is 1. The van der Waals surface area contributed by atoms with Crippen molar-refractivity contribution in [2.24, 2.45) is 5.10 Å². The van der Waals surface area contributed by atoms with Crippen LogP contribution in [-0.2, 0) is 0 Å². The molecule has 0 fully saturated rings. The highest BCUT2D eigenvalue weighted by atomic mass is 79.9. The van der Waals surface area contributed by atoms with Gasteiger partial charge in [0.1, 0.15) is 5.75 Å². The fourth-order valence-corrected chi connectivity index (χ4v) is 5.01. The Bertz CT molecular complexity index is 1000. The van der Waals surface area contributed by atoms with Crippen LogP contribution in [0.5, 0.6) is 5.75 Å². The first kappa shape index (κ1) is 16.4. The minimum Gasteiger partial charge on any atom is -0.464 e. The van der Waals surface area contributed by atoms with Crippen LogP contribution in [0.1, 0.15) is 34.7 Å². The van der Waals surface area contributed by atoms with E-state index in [1.165, 1.54) is 10.4 Å². The molecule has 0 N–H and O–H groups in total. The molecule has 0 amide bonds. The number of hydrogen-bond donors (Lipinski definition) is 0. The first-order valence-electron chi connectivity index (χ1n) is 8.31. The van der Waals surface area contributed by atoms with Crippen LogP contribution >= 0.6 is 38.9 Å². The molecule has 5 rings (SSSR count).